The maximum Gasteiger partial charge on any atom is 0.290 e. The molecule has 1 aliphatic rings. The van der Waals surface area contributed by atoms with Gasteiger partial charge in [-0.15, -0.1) is 0 Å². The minimum absolute atomic E-state index is 0.00844. The number of allylic oxidation sites excluding steroid dienone is 2. The van der Waals surface area contributed by atoms with Gasteiger partial charge in [-0.3, -0.25) is 9.59 Å². The van der Waals surface area contributed by atoms with Crippen LogP contribution in [0, 0.1) is 0 Å². The Bertz CT molecular complexity index is 732. The van der Waals surface area contributed by atoms with Gasteiger partial charge in [0.1, 0.15) is 6.29 Å². The number of hydrogen-bond acceptors (Lipinski definition) is 7. The zero-order valence-electron chi connectivity index (χ0n) is 22.0. The molecule has 1 fully saturated rings. The lowest BCUT2D eigenvalue weighted by atomic mass is 10.1. The Balaban J connectivity index is 0. The molecule has 36 heavy (non-hydrogen) atoms. The fraction of sp³-hybridized carbons (Fsp3) is 0.519. The van der Waals surface area contributed by atoms with Crippen molar-refractivity contribution < 1.29 is 24.6 Å². The van der Waals surface area contributed by atoms with Crippen LogP contribution in [0.4, 0.5) is 5.69 Å². The number of aliphatic hydroxyl groups excluding tert-OH is 1. The number of nitrogens with two attached hydrogens (primary N) is 1. The van der Waals surface area contributed by atoms with Crippen molar-refractivity contribution in [2.24, 2.45) is 5.73 Å². The fourth-order valence-corrected chi connectivity index (χ4v) is 3.09. The normalized spacial score (nSPS) is 14.8. The molecule has 1 aromatic carbocycles. The summed E-state index contributed by atoms with van der Waals surface area (Å²) in [5.41, 5.74) is 8.44. The zero-order chi connectivity index (χ0) is 27.6. The third-order valence-electron chi connectivity index (χ3n) is 4.98. The second-order valence-corrected chi connectivity index (χ2v) is 8.17. The average Bonchev–Trinajstić information content (AvgIpc) is 3.42. The zero-order valence-corrected chi connectivity index (χ0v) is 22.0. The highest BCUT2D eigenvalue weighted by molar-refractivity contribution is 5.82. The first-order chi connectivity index (χ1) is 17.3. The van der Waals surface area contributed by atoms with Gasteiger partial charge in [-0.2, -0.15) is 0 Å². The van der Waals surface area contributed by atoms with E-state index in [1.54, 1.807) is 12.2 Å². The second-order valence-electron chi connectivity index (χ2n) is 8.17. The fourth-order valence-electron chi connectivity index (χ4n) is 3.09. The molecular weight excluding hydrogens is 460 g/mol. The van der Waals surface area contributed by atoms with Crippen LogP contribution in [0.15, 0.2) is 48.6 Å². The van der Waals surface area contributed by atoms with E-state index in [9.17, 15) is 9.59 Å². The van der Waals surface area contributed by atoms with Crippen molar-refractivity contribution in [3.63, 3.8) is 0 Å². The van der Waals surface area contributed by atoms with Crippen LogP contribution in [0.25, 0.3) is 0 Å². The number of amides is 1. The average molecular weight is 507 g/mol. The number of aldehydes is 1. The molecule has 0 saturated carbocycles. The molecule has 1 aromatic rings. The molecule has 7 N–H and O–H groups in total. The summed E-state index contributed by atoms with van der Waals surface area (Å²) in [5.74, 6) is 0.136. The van der Waals surface area contributed by atoms with E-state index in [1.807, 2.05) is 14.0 Å². The van der Waals surface area contributed by atoms with Crippen molar-refractivity contribution in [2.45, 2.75) is 64.5 Å². The first-order valence-electron chi connectivity index (χ1n) is 12.2. The number of aliphatic hydroxyl groups is 1. The predicted octanol–water partition coefficient (Wildman–Crippen LogP) is 2.65. The van der Waals surface area contributed by atoms with E-state index in [-0.39, 0.29) is 31.1 Å². The Morgan fingerprint density at radius 1 is 1.28 bits per heavy atom. The minimum Gasteiger partial charge on any atom is -0.483 e. The van der Waals surface area contributed by atoms with Crippen LogP contribution >= 0.6 is 0 Å². The molecular formula is C27H46N4O5. The lowest BCUT2D eigenvalue weighted by Crippen LogP contribution is -2.44. The van der Waals surface area contributed by atoms with Crippen LogP contribution in [0.3, 0.4) is 0 Å². The number of rotatable bonds is 11. The Kier molecular flexibility index (Phi) is 24.5. The predicted molar refractivity (Wildman–Crippen MR) is 147 cm³/mol. The quantitative estimate of drug-likeness (QED) is 0.152. The largest absolute Gasteiger partial charge is 0.483 e. The SMILES string of the molecule is C=C/C=C(\C)CO.CNc1ccc(CC(C)NC(=O)C2CCCN2)cc1.NCCCCC=O.O=CO. The van der Waals surface area contributed by atoms with Gasteiger partial charge in [0.25, 0.3) is 6.47 Å². The van der Waals surface area contributed by atoms with Crippen molar-refractivity contribution in [3.05, 3.63) is 54.1 Å². The molecule has 0 spiro atoms. The molecule has 2 atom stereocenters. The van der Waals surface area contributed by atoms with E-state index in [0.717, 1.165) is 56.2 Å². The van der Waals surface area contributed by atoms with Gasteiger partial charge in [0.05, 0.1) is 12.6 Å². The van der Waals surface area contributed by atoms with E-state index in [0.29, 0.717) is 13.0 Å². The van der Waals surface area contributed by atoms with E-state index in [4.69, 9.17) is 20.7 Å². The highest BCUT2D eigenvalue weighted by Gasteiger charge is 2.22. The van der Waals surface area contributed by atoms with Crippen molar-refractivity contribution in [1.29, 1.82) is 0 Å². The smallest absolute Gasteiger partial charge is 0.290 e. The summed E-state index contributed by atoms with van der Waals surface area (Å²) in [4.78, 5) is 30.0. The van der Waals surface area contributed by atoms with Crippen LogP contribution in [-0.4, -0.2) is 67.7 Å². The molecule has 1 amide bonds. The van der Waals surface area contributed by atoms with Gasteiger partial charge >= 0.3 is 0 Å². The van der Waals surface area contributed by atoms with Crippen LogP contribution in [0.1, 0.15) is 51.5 Å². The van der Waals surface area contributed by atoms with Gasteiger partial charge in [-0.1, -0.05) is 30.9 Å². The molecule has 9 heteroatoms. The van der Waals surface area contributed by atoms with Gasteiger partial charge in [0, 0.05) is 25.2 Å². The number of unbranched alkanes of at least 4 members (excludes halogenated alkanes) is 2. The highest BCUT2D eigenvalue weighted by Crippen LogP contribution is 2.11. The Morgan fingerprint density at radius 3 is 2.33 bits per heavy atom. The summed E-state index contributed by atoms with van der Waals surface area (Å²) in [6.45, 7) is 8.90. The number of carbonyl (C=O) groups is 3. The van der Waals surface area contributed by atoms with Crippen LogP contribution in [0.5, 0.6) is 0 Å². The van der Waals surface area contributed by atoms with E-state index in [2.05, 4.69) is 53.7 Å². The highest BCUT2D eigenvalue weighted by atomic mass is 16.3. The first kappa shape index (κ1) is 35.2. The van der Waals surface area contributed by atoms with Crippen molar-refractivity contribution in [2.75, 3.05) is 32.1 Å². The lowest BCUT2D eigenvalue weighted by Gasteiger charge is -2.17. The molecule has 9 nitrogen and oxygen atoms in total. The lowest BCUT2D eigenvalue weighted by molar-refractivity contribution is -0.124. The molecule has 2 rings (SSSR count). The molecule has 2 unspecified atom stereocenters. The molecule has 0 aromatic heterocycles. The van der Waals surface area contributed by atoms with Crippen LogP contribution in [-0.2, 0) is 20.8 Å². The Morgan fingerprint density at radius 2 is 1.92 bits per heavy atom. The summed E-state index contributed by atoms with van der Waals surface area (Å²) in [6.07, 6.45) is 9.85. The summed E-state index contributed by atoms with van der Waals surface area (Å²) >= 11 is 0. The third kappa shape index (κ3) is 20.4. The number of anilines is 1. The van der Waals surface area contributed by atoms with Gasteiger partial charge < -0.3 is 36.7 Å². The monoisotopic (exact) mass is 506 g/mol. The molecule has 1 heterocycles. The van der Waals surface area contributed by atoms with E-state index in [1.165, 1.54) is 5.56 Å². The standard InChI is InChI=1S/C15H23N3O.C6H10O.C5H11NO.CH2O2/c1-11(18-15(19)14-4-3-9-17-14)10-12-5-7-13(16-2)8-6-12;1-3-4-6(2)5-7;6-4-2-1-3-5-7;2-1-3/h5-8,11,14,16-17H,3-4,9-10H2,1-2H3,(H,18,19);3-4,7H,1,5H2,2H3;5H,1-4,6H2;1H,(H,2,3)/b;6-4+;;. The summed E-state index contributed by atoms with van der Waals surface area (Å²) < 4.78 is 0. The maximum atomic E-state index is 12.0. The van der Waals surface area contributed by atoms with Gasteiger partial charge in [0.2, 0.25) is 5.91 Å². The number of nitrogens with one attached hydrogen (secondary N) is 3. The van der Waals surface area contributed by atoms with Crippen molar-refractivity contribution >= 4 is 24.4 Å². The minimum atomic E-state index is -0.250. The third-order valence-corrected chi connectivity index (χ3v) is 4.98. The number of carbonyl (C=O) groups excluding carboxylic acids is 2. The van der Waals surface area contributed by atoms with Crippen molar-refractivity contribution in [1.82, 2.24) is 10.6 Å². The topological polar surface area (TPSA) is 154 Å². The molecule has 204 valence electrons. The van der Waals surface area contributed by atoms with Gasteiger partial charge in [0.15, 0.2) is 0 Å². The number of benzene rings is 1. The summed E-state index contributed by atoms with van der Waals surface area (Å²) in [5, 5.41) is 24.6. The molecule has 0 aliphatic carbocycles. The molecule has 0 radical (unpaired) electrons. The van der Waals surface area contributed by atoms with Gasteiger partial charge in [-0.25, -0.2) is 0 Å². The molecule has 1 saturated heterocycles. The van der Waals surface area contributed by atoms with Crippen molar-refractivity contribution in [3.8, 4) is 0 Å². The summed E-state index contributed by atoms with van der Waals surface area (Å²) in [6, 6.07) is 8.49. The van der Waals surface area contributed by atoms with Gasteiger partial charge in [-0.05, 0) is 82.3 Å². The van der Waals surface area contributed by atoms with E-state index < -0.39 is 0 Å². The Hall–Kier alpha value is -3.01. The summed E-state index contributed by atoms with van der Waals surface area (Å²) in [7, 11) is 1.91. The number of carboxylic acid groups (broad SMARTS) is 1. The molecule has 1 aliphatic heterocycles. The first-order valence-corrected chi connectivity index (χ1v) is 12.2. The van der Waals surface area contributed by atoms with E-state index >= 15 is 0 Å². The Labute approximate surface area is 216 Å². The maximum absolute atomic E-state index is 12.0. The van der Waals surface area contributed by atoms with Crippen LogP contribution < -0.4 is 21.7 Å². The second kappa shape index (κ2) is 25.1. The van der Waals surface area contributed by atoms with Crippen LogP contribution in [0.2, 0.25) is 0 Å². The molecule has 0 bridgehead atoms. The number of hydrogen-bond donors (Lipinski definition) is 6.